The second kappa shape index (κ2) is 6.81. The Balaban J connectivity index is 3.10. The van der Waals surface area contributed by atoms with E-state index in [0.29, 0.717) is 12.3 Å². The molecule has 0 fully saturated rings. The number of carbonyl (C=O) groups excluding carboxylic acids is 1. The first-order valence-electron chi connectivity index (χ1n) is 6.15. The van der Waals surface area contributed by atoms with Crippen molar-refractivity contribution >= 4 is 16.0 Å². The summed E-state index contributed by atoms with van der Waals surface area (Å²) in [6, 6.07) is 2.92. The van der Waals surface area contributed by atoms with Crippen molar-refractivity contribution in [3.05, 3.63) is 29.6 Å². The summed E-state index contributed by atoms with van der Waals surface area (Å²) in [4.78, 5) is 11.1. The summed E-state index contributed by atoms with van der Waals surface area (Å²) >= 11 is 0. The van der Waals surface area contributed by atoms with Gasteiger partial charge >= 0.3 is 5.97 Å². The van der Waals surface area contributed by atoms with Crippen molar-refractivity contribution in [3.8, 4) is 0 Å². The predicted molar refractivity (Wildman–Crippen MR) is 72.4 cm³/mol. The van der Waals surface area contributed by atoms with E-state index in [0.717, 1.165) is 25.3 Å². The van der Waals surface area contributed by atoms with E-state index in [1.807, 2.05) is 13.8 Å². The SMILES string of the molecule is COC(=O)c1ccc(F)cc1S(=O)(=O)NCCC(C)C. The molecule has 5 nitrogen and oxygen atoms in total. The fraction of sp³-hybridized carbons (Fsp3) is 0.462. The predicted octanol–water partition coefficient (Wildman–Crippen LogP) is 1.94. The minimum atomic E-state index is -3.96. The highest BCUT2D eigenvalue weighted by atomic mass is 32.2. The Kier molecular flexibility index (Phi) is 5.64. The van der Waals surface area contributed by atoms with Crippen LogP contribution in [0.15, 0.2) is 23.1 Å². The van der Waals surface area contributed by atoms with Crippen LogP contribution in [-0.2, 0) is 14.8 Å². The van der Waals surface area contributed by atoms with Gasteiger partial charge in [0.05, 0.1) is 17.6 Å². The van der Waals surface area contributed by atoms with Gasteiger partial charge in [0.2, 0.25) is 10.0 Å². The van der Waals surface area contributed by atoms with E-state index in [1.54, 1.807) is 0 Å². The van der Waals surface area contributed by atoms with Gasteiger partial charge in [0.15, 0.2) is 0 Å². The van der Waals surface area contributed by atoms with Crippen molar-refractivity contribution in [3.63, 3.8) is 0 Å². The summed E-state index contributed by atoms with van der Waals surface area (Å²) in [5.41, 5.74) is -0.189. The van der Waals surface area contributed by atoms with Crippen molar-refractivity contribution < 1.29 is 22.3 Å². The summed E-state index contributed by atoms with van der Waals surface area (Å²) in [6.07, 6.45) is 0.641. The molecule has 1 aromatic carbocycles. The zero-order valence-electron chi connectivity index (χ0n) is 11.6. The average molecular weight is 303 g/mol. The van der Waals surface area contributed by atoms with Crippen molar-refractivity contribution in [2.75, 3.05) is 13.7 Å². The third kappa shape index (κ3) is 4.28. The van der Waals surface area contributed by atoms with Crippen LogP contribution in [0.2, 0.25) is 0 Å². The zero-order chi connectivity index (χ0) is 15.3. The highest BCUT2D eigenvalue weighted by Gasteiger charge is 2.23. The minimum Gasteiger partial charge on any atom is -0.465 e. The van der Waals surface area contributed by atoms with Crippen molar-refractivity contribution in [1.82, 2.24) is 4.72 Å². The zero-order valence-corrected chi connectivity index (χ0v) is 12.5. The number of carbonyl (C=O) groups is 1. The van der Waals surface area contributed by atoms with Gasteiger partial charge in [-0.1, -0.05) is 13.8 Å². The van der Waals surface area contributed by atoms with E-state index in [-0.39, 0.29) is 12.1 Å². The Morgan fingerprint density at radius 2 is 2.05 bits per heavy atom. The Morgan fingerprint density at radius 3 is 2.60 bits per heavy atom. The number of hydrogen-bond donors (Lipinski definition) is 1. The van der Waals surface area contributed by atoms with Crippen LogP contribution in [0, 0.1) is 11.7 Å². The number of ether oxygens (including phenoxy) is 1. The van der Waals surface area contributed by atoms with Crippen molar-refractivity contribution in [2.45, 2.75) is 25.2 Å². The first-order chi connectivity index (χ1) is 9.27. The molecule has 0 radical (unpaired) electrons. The molecule has 0 aliphatic rings. The fourth-order valence-corrected chi connectivity index (χ4v) is 2.81. The van der Waals surface area contributed by atoms with Gasteiger partial charge in [-0.25, -0.2) is 22.3 Å². The molecule has 1 rings (SSSR count). The average Bonchev–Trinajstić information content (AvgIpc) is 2.37. The van der Waals surface area contributed by atoms with E-state index >= 15 is 0 Å². The maximum absolute atomic E-state index is 13.3. The van der Waals surface area contributed by atoms with Crippen LogP contribution in [-0.4, -0.2) is 28.0 Å². The number of benzene rings is 1. The van der Waals surface area contributed by atoms with Crippen LogP contribution in [0.4, 0.5) is 4.39 Å². The molecule has 0 bridgehead atoms. The molecule has 112 valence electrons. The summed E-state index contributed by atoms with van der Waals surface area (Å²) in [6.45, 7) is 4.13. The molecule has 0 aromatic heterocycles. The lowest BCUT2D eigenvalue weighted by Gasteiger charge is -2.11. The smallest absolute Gasteiger partial charge is 0.339 e. The van der Waals surface area contributed by atoms with E-state index < -0.39 is 26.7 Å². The maximum Gasteiger partial charge on any atom is 0.339 e. The topological polar surface area (TPSA) is 72.5 Å². The molecule has 0 saturated carbocycles. The first-order valence-corrected chi connectivity index (χ1v) is 7.63. The Bertz CT molecular complexity index is 584. The molecule has 0 saturated heterocycles. The lowest BCUT2D eigenvalue weighted by molar-refractivity contribution is 0.0596. The monoisotopic (exact) mass is 303 g/mol. The van der Waals surface area contributed by atoms with Crippen molar-refractivity contribution in [2.24, 2.45) is 5.92 Å². The van der Waals surface area contributed by atoms with Crippen LogP contribution >= 0.6 is 0 Å². The molecule has 1 N–H and O–H groups in total. The molecule has 0 aliphatic carbocycles. The number of hydrogen-bond acceptors (Lipinski definition) is 4. The standard InChI is InChI=1S/C13H18FNO4S/c1-9(2)6-7-15-20(17,18)12-8-10(14)4-5-11(12)13(16)19-3/h4-5,8-9,15H,6-7H2,1-3H3. The molecule has 0 atom stereocenters. The number of esters is 1. The van der Waals surface area contributed by atoms with Gasteiger partial charge in [-0.15, -0.1) is 0 Å². The van der Waals surface area contributed by atoms with Gasteiger partial charge in [-0.3, -0.25) is 0 Å². The third-order valence-electron chi connectivity index (χ3n) is 2.65. The number of halogens is 1. The second-order valence-corrected chi connectivity index (χ2v) is 6.45. The van der Waals surface area contributed by atoms with Crippen LogP contribution < -0.4 is 4.72 Å². The van der Waals surface area contributed by atoms with Crippen molar-refractivity contribution in [1.29, 1.82) is 0 Å². The lowest BCUT2D eigenvalue weighted by atomic mass is 10.1. The quantitative estimate of drug-likeness (QED) is 0.815. The van der Waals surface area contributed by atoms with Gasteiger partial charge in [0.25, 0.3) is 0 Å². The van der Waals surface area contributed by atoms with Crippen LogP contribution in [0.25, 0.3) is 0 Å². The van der Waals surface area contributed by atoms with Crippen LogP contribution in [0.3, 0.4) is 0 Å². The Labute approximate surface area is 118 Å². The van der Waals surface area contributed by atoms with Gasteiger partial charge in [-0.05, 0) is 30.5 Å². The van der Waals surface area contributed by atoms with Gasteiger partial charge in [-0.2, -0.15) is 0 Å². The van der Waals surface area contributed by atoms with E-state index in [2.05, 4.69) is 9.46 Å². The number of nitrogens with one attached hydrogen (secondary N) is 1. The fourth-order valence-electron chi connectivity index (χ4n) is 1.56. The number of methoxy groups -OCH3 is 1. The molecule has 0 heterocycles. The number of rotatable bonds is 6. The summed E-state index contributed by atoms with van der Waals surface area (Å²) in [7, 11) is -2.82. The largest absolute Gasteiger partial charge is 0.465 e. The molecule has 0 amide bonds. The van der Waals surface area contributed by atoms with Crippen LogP contribution in [0.5, 0.6) is 0 Å². The highest BCUT2D eigenvalue weighted by molar-refractivity contribution is 7.89. The highest BCUT2D eigenvalue weighted by Crippen LogP contribution is 2.18. The third-order valence-corrected chi connectivity index (χ3v) is 4.15. The van der Waals surface area contributed by atoms with Gasteiger partial charge in [0, 0.05) is 6.54 Å². The van der Waals surface area contributed by atoms with E-state index in [4.69, 9.17) is 0 Å². The normalized spacial score (nSPS) is 11.7. The molecule has 0 spiro atoms. The molecule has 0 unspecified atom stereocenters. The second-order valence-electron chi connectivity index (χ2n) is 4.71. The molecule has 7 heteroatoms. The molecular formula is C13H18FNO4S. The summed E-state index contributed by atoms with van der Waals surface area (Å²) < 4.78 is 44.3. The molecule has 20 heavy (non-hydrogen) atoms. The van der Waals surface area contributed by atoms with Gasteiger partial charge < -0.3 is 4.74 Å². The van der Waals surface area contributed by atoms with E-state index in [9.17, 15) is 17.6 Å². The number of sulfonamides is 1. The van der Waals surface area contributed by atoms with Crippen LogP contribution in [0.1, 0.15) is 30.6 Å². The summed E-state index contributed by atoms with van der Waals surface area (Å²) in [5.74, 6) is -1.23. The Morgan fingerprint density at radius 1 is 1.40 bits per heavy atom. The molecule has 0 aliphatic heterocycles. The summed E-state index contributed by atoms with van der Waals surface area (Å²) in [5, 5.41) is 0. The van der Waals surface area contributed by atoms with E-state index in [1.165, 1.54) is 0 Å². The van der Waals surface area contributed by atoms with Gasteiger partial charge in [0.1, 0.15) is 5.82 Å². The minimum absolute atomic E-state index is 0.189. The maximum atomic E-state index is 13.3. The molecular weight excluding hydrogens is 285 g/mol. The Hall–Kier alpha value is -1.47. The first kappa shape index (κ1) is 16.6. The molecule has 1 aromatic rings. The lowest BCUT2D eigenvalue weighted by Crippen LogP contribution is -2.27.